The lowest BCUT2D eigenvalue weighted by Gasteiger charge is -2.31. The van der Waals surface area contributed by atoms with E-state index in [2.05, 4.69) is 9.97 Å². The number of aromatic amines is 1. The lowest BCUT2D eigenvalue weighted by Crippen LogP contribution is -2.39. The second-order valence-corrected chi connectivity index (χ2v) is 4.21. The molecule has 0 saturated carbocycles. The van der Waals surface area contributed by atoms with Gasteiger partial charge in [-0.05, 0) is 12.8 Å². The summed E-state index contributed by atoms with van der Waals surface area (Å²) in [7, 11) is 1.40. The first-order valence-corrected chi connectivity index (χ1v) is 5.73. The molecule has 0 radical (unpaired) electrons. The molecule has 7 heteroatoms. The quantitative estimate of drug-likeness (QED) is 0.792. The van der Waals surface area contributed by atoms with Crippen molar-refractivity contribution in [2.45, 2.75) is 12.8 Å². The van der Waals surface area contributed by atoms with Crippen LogP contribution in [0.2, 0.25) is 0 Å². The van der Waals surface area contributed by atoms with Crippen molar-refractivity contribution in [3.8, 4) is 5.75 Å². The van der Waals surface area contributed by atoms with Crippen molar-refractivity contribution in [3.05, 3.63) is 16.7 Å². The van der Waals surface area contributed by atoms with E-state index >= 15 is 0 Å². The number of hydrogen-bond acceptors (Lipinski definition) is 5. The molecule has 1 fully saturated rings. The SMILES string of the molecule is COc1c(N2CCCC(C(=O)O)C2)nc[nH]c1=O. The van der Waals surface area contributed by atoms with Gasteiger partial charge >= 0.3 is 5.97 Å². The van der Waals surface area contributed by atoms with Crippen molar-refractivity contribution in [1.82, 2.24) is 9.97 Å². The fraction of sp³-hybridized carbons (Fsp3) is 0.545. The van der Waals surface area contributed by atoms with Crippen molar-refractivity contribution in [1.29, 1.82) is 0 Å². The molecule has 1 aliphatic rings. The third kappa shape index (κ3) is 2.29. The van der Waals surface area contributed by atoms with Crippen molar-refractivity contribution < 1.29 is 14.6 Å². The van der Waals surface area contributed by atoms with Crippen LogP contribution in [-0.4, -0.2) is 41.2 Å². The van der Waals surface area contributed by atoms with Gasteiger partial charge in [-0.25, -0.2) is 4.98 Å². The van der Waals surface area contributed by atoms with Crippen LogP contribution < -0.4 is 15.2 Å². The fourth-order valence-corrected chi connectivity index (χ4v) is 2.16. The van der Waals surface area contributed by atoms with Gasteiger partial charge in [0.15, 0.2) is 5.82 Å². The van der Waals surface area contributed by atoms with Crippen molar-refractivity contribution in [3.63, 3.8) is 0 Å². The molecule has 18 heavy (non-hydrogen) atoms. The first kappa shape index (κ1) is 12.4. The molecule has 0 bridgehead atoms. The molecule has 0 amide bonds. The monoisotopic (exact) mass is 253 g/mol. The lowest BCUT2D eigenvalue weighted by molar-refractivity contribution is -0.141. The van der Waals surface area contributed by atoms with Crippen molar-refractivity contribution >= 4 is 11.8 Å². The first-order valence-electron chi connectivity index (χ1n) is 5.73. The maximum Gasteiger partial charge on any atom is 0.308 e. The number of nitrogens with one attached hydrogen (secondary N) is 1. The molecule has 0 aliphatic carbocycles. The Balaban J connectivity index is 2.28. The lowest BCUT2D eigenvalue weighted by atomic mass is 9.98. The molecule has 2 heterocycles. The number of rotatable bonds is 3. The van der Waals surface area contributed by atoms with Crippen LogP contribution in [0, 0.1) is 5.92 Å². The maximum absolute atomic E-state index is 11.6. The molecule has 0 spiro atoms. The van der Waals surface area contributed by atoms with E-state index in [0.717, 1.165) is 6.42 Å². The average Bonchev–Trinajstić information content (AvgIpc) is 2.38. The first-order chi connectivity index (χ1) is 8.63. The highest BCUT2D eigenvalue weighted by atomic mass is 16.5. The predicted octanol–water partition coefficient (Wildman–Crippen LogP) is 0.0795. The summed E-state index contributed by atoms with van der Waals surface area (Å²) in [5.74, 6) is -0.705. The molecule has 1 aromatic heterocycles. The average molecular weight is 253 g/mol. The van der Waals surface area contributed by atoms with Crippen LogP contribution in [0.1, 0.15) is 12.8 Å². The number of aromatic nitrogens is 2. The molecule has 0 aromatic carbocycles. The van der Waals surface area contributed by atoms with E-state index in [0.29, 0.717) is 25.3 Å². The van der Waals surface area contributed by atoms with Crippen LogP contribution in [0.3, 0.4) is 0 Å². The Morgan fingerprint density at radius 3 is 3.11 bits per heavy atom. The Hall–Kier alpha value is -2.05. The topological polar surface area (TPSA) is 95.5 Å². The van der Waals surface area contributed by atoms with Gasteiger partial charge in [0.1, 0.15) is 0 Å². The standard InChI is InChI=1S/C11H15N3O4/c1-18-8-9(12-6-13-10(8)15)14-4-2-3-7(5-14)11(16)17/h6-7H,2-5H2,1H3,(H,16,17)(H,12,13,15). The summed E-state index contributed by atoms with van der Waals surface area (Å²) in [5.41, 5.74) is -0.361. The number of nitrogens with zero attached hydrogens (tertiary/aromatic N) is 2. The van der Waals surface area contributed by atoms with Gasteiger partial charge in [-0.15, -0.1) is 0 Å². The summed E-state index contributed by atoms with van der Waals surface area (Å²) in [6, 6.07) is 0. The Bertz CT molecular complexity index is 499. The maximum atomic E-state index is 11.6. The van der Waals surface area contributed by atoms with Gasteiger partial charge in [0.2, 0.25) is 5.75 Å². The zero-order valence-electron chi connectivity index (χ0n) is 10.0. The number of carbonyl (C=O) groups is 1. The van der Waals surface area contributed by atoms with Gasteiger partial charge in [-0.1, -0.05) is 0 Å². The molecule has 2 rings (SSSR count). The molecule has 1 aliphatic heterocycles. The number of anilines is 1. The highest BCUT2D eigenvalue weighted by Gasteiger charge is 2.28. The van der Waals surface area contributed by atoms with Gasteiger partial charge in [0, 0.05) is 13.1 Å². The molecule has 1 aromatic rings. The molecule has 98 valence electrons. The van der Waals surface area contributed by atoms with E-state index in [-0.39, 0.29) is 11.3 Å². The third-order valence-electron chi connectivity index (χ3n) is 3.07. The summed E-state index contributed by atoms with van der Waals surface area (Å²) in [6.45, 7) is 1.03. The number of aliphatic carboxylic acids is 1. The number of carboxylic acids is 1. The summed E-state index contributed by atoms with van der Waals surface area (Å²) in [5, 5.41) is 9.04. The van der Waals surface area contributed by atoms with E-state index < -0.39 is 11.9 Å². The number of piperidine rings is 1. The Morgan fingerprint density at radius 1 is 1.67 bits per heavy atom. The zero-order chi connectivity index (χ0) is 13.1. The van der Waals surface area contributed by atoms with Crippen molar-refractivity contribution in [2.24, 2.45) is 5.92 Å². The molecule has 7 nitrogen and oxygen atoms in total. The summed E-state index contributed by atoms with van der Waals surface area (Å²) in [4.78, 5) is 30.9. The molecule has 1 saturated heterocycles. The van der Waals surface area contributed by atoms with Gasteiger partial charge in [0.25, 0.3) is 5.56 Å². The van der Waals surface area contributed by atoms with Crippen LogP contribution in [0.4, 0.5) is 5.82 Å². The fourth-order valence-electron chi connectivity index (χ4n) is 2.16. The minimum absolute atomic E-state index is 0.128. The summed E-state index contributed by atoms with van der Waals surface area (Å²) < 4.78 is 5.03. The van der Waals surface area contributed by atoms with Crippen LogP contribution in [0.5, 0.6) is 5.75 Å². The normalized spacial score (nSPS) is 19.6. The molecular weight excluding hydrogens is 238 g/mol. The molecule has 2 N–H and O–H groups in total. The molecule has 1 unspecified atom stereocenters. The number of H-pyrrole nitrogens is 1. The van der Waals surface area contributed by atoms with Crippen LogP contribution in [0.15, 0.2) is 11.1 Å². The predicted molar refractivity (Wildman–Crippen MR) is 64.0 cm³/mol. The summed E-state index contributed by atoms with van der Waals surface area (Å²) in [6.07, 6.45) is 2.70. The molecule has 1 atom stereocenters. The number of carboxylic acid groups (broad SMARTS) is 1. The van der Waals surface area contributed by atoms with E-state index in [1.807, 2.05) is 0 Å². The highest BCUT2D eigenvalue weighted by Crippen LogP contribution is 2.26. The van der Waals surface area contributed by atoms with Crippen LogP contribution in [-0.2, 0) is 4.79 Å². The van der Waals surface area contributed by atoms with E-state index in [9.17, 15) is 9.59 Å². The Labute approximate surface area is 103 Å². The third-order valence-corrected chi connectivity index (χ3v) is 3.07. The Morgan fingerprint density at radius 2 is 2.44 bits per heavy atom. The van der Waals surface area contributed by atoms with Gasteiger partial charge in [-0.3, -0.25) is 9.59 Å². The van der Waals surface area contributed by atoms with Gasteiger partial charge < -0.3 is 19.7 Å². The summed E-state index contributed by atoms with van der Waals surface area (Å²) >= 11 is 0. The second kappa shape index (κ2) is 5.07. The number of ether oxygens (including phenoxy) is 1. The minimum Gasteiger partial charge on any atom is -0.489 e. The van der Waals surface area contributed by atoms with Gasteiger partial charge in [0.05, 0.1) is 19.4 Å². The largest absolute Gasteiger partial charge is 0.489 e. The van der Waals surface area contributed by atoms with Gasteiger partial charge in [-0.2, -0.15) is 0 Å². The second-order valence-electron chi connectivity index (χ2n) is 4.21. The van der Waals surface area contributed by atoms with Crippen molar-refractivity contribution in [2.75, 3.05) is 25.1 Å². The smallest absolute Gasteiger partial charge is 0.308 e. The van der Waals surface area contributed by atoms with E-state index in [1.54, 1.807) is 4.90 Å². The zero-order valence-corrected chi connectivity index (χ0v) is 10.0. The van der Waals surface area contributed by atoms with Crippen LogP contribution in [0.25, 0.3) is 0 Å². The van der Waals surface area contributed by atoms with E-state index in [1.165, 1.54) is 13.4 Å². The number of hydrogen-bond donors (Lipinski definition) is 2. The molecular formula is C11H15N3O4. The Kier molecular flexibility index (Phi) is 3.50. The van der Waals surface area contributed by atoms with E-state index in [4.69, 9.17) is 9.84 Å². The van der Waals surface area contributed by atoms with Crippen LogP contribution >= 0.6 is 0 Å². The number of methoxy groups -OCH3 is 1. The minimum atomic E-state index is -0.816. The highest BCUT2D eigenvalue weighted by molar-refractivity contribution is 5.71.